The van der Waals surface area contributed by atoms with Crippen molar-refractivity contribution < 1.29 is 4.79 Å². The lowest BCUT2D eigenvalue weighted by Crippen LogP contribution is -2.38. The van der Waals surface area contributed by atoms with Crippen molar-refractivity contribution in [3.05, 3.63) is 54.2 Å². The largest absolute Gasteiger partial charge is 0.347 e. The van der Waals surface area contributed by atoms with Crippen LogP contribution in [-0.2, 0) is 0 Å². The summed E-state index contributed by atoms with van der Waals surface area (Å²) in [7, 11) is 0. The zero-order valence-electron chi connectivity index (χ0n) is 13.4. The van der Waals surface area contributed by atoms with E-state index in [-0.39, 0.29) is 18.0 Å². The summed E-state index contributed by atoms with van der Waals surface area (Å²) in [4.78, 5) is 21.1. The van der Waals surface area contributed by atoms with E-state index in [0.717, 1.165) is 16.6 Å². The molecule has 0 fully saturated rings. The summed E-state index contributed by atoms with van der Waals surface area (Å²) < 4.78 is 1.73. The lowest BCUT2D eigenvalue weighted by Gasteiger charge is -2.21. The molecule has 3 rings (SSSR count). The van der Waals surface area contributed by atoms with Gasteiger partial charge in [0, 0.05) is 17.1 Å². The van der Waals surface area contributed by atoms with Crippen molar-refractivity contribution in [1.29, 1.82) is 0 Å². The fourth-order valence-electron chi connectivity index (χ4n) is 2.49. The van der Waals surface area contributed by atoms with E-state index in [1.54, 1.807) is 17.1 Å². The summed E-state index contributed by atoms with van der Waals surface area (Å²) in [6.45, 7) is 5.86. The van der Waals surface area contributed by atoms with Gasteiger partial charge in [-0.25, -0.2) is 9.67 Å². The second-order valence-electron chi connectivity index (χ2n) is 5.71. The van der Waals surface area contributed by atoms with Crippen LogP contribution in [-0.4, -0.2) is 31.7 Å². The number of hydrogen-bond donors (Lipinski definition) is 1. The van der Waals surface area contributed by atoms with Crippen LogP contribution in [0.3, 0.4) is 0 Å². The molecule has 0 bridgehead atoms. The van der Waals surface area contributed by atoms with Gasteiger partial charge in [0.15, 0.2) is 0 Å². The summed E-state index contributed by atoms with van der Waals surface area (Å²) in [5, 5.41) is 8.11. The lowest BCUT2D eigenvalue weighted by atomic mass is 10.1. The van der Waals surface area contributed by atoms with Crippen molar-refractivity contribution in [2.45, 2.75) is 32.9 Å². The summed E-state index contributed by atoms with van der Waals surface area (Å²) in [6.07, 6.45) is 3.14. The molecule has 0 unspecified atom stereocenters. The number of para-hydroxylation sites is 1. The maximum atomic E-state index is 12.7. The van der Waals surface area contributed by atoms with Crippen molar-refractivity contribution in [2.24, 2.45) is 0 Å². The molecule has 2 atom stereocenters. The van der Waals surface area contributed by atoms with Gasteiger partial charge in [-0.2, -0.15) is 5.10 Å². The van der Waals surface area contributed by atoms with Crippen LogP contribution in [0, 0.1) is 6.92 Å². The van der Waals surface area contributed by atoms with Gasteiger partial charge in [0.05, 0.1) is 17.1 Å². The molecule has 118 valence electrons. The van der Waals surface area contributed by atoms with Gasteiger partial charge in [0.25, 0.3) is 5.91 Å². The smallest absolute Gasteiger partial charge is 0.253 e. The number of carbonyl (C=O) groups is 1. The van der Waals surface area contributed by atoms with Crippen molar-refractivity contribution in [2.75, 3.05) is 0 Å². The molecule has 2 heterocycles. The van der Waals surface area contributed by atoms with Gasteiger partial charge >= 0.3 is 0 Å². The number of hydrogen-bond acceptors (Lipinski definition) is 4. The number of pyridine rings is 1. The Morgan fingerprint density at radius 2 is 2.04 bits per heavy atom. The fraction of sp³-hybridized carbons (Fsp3) is 0.294. The second kappa shape index (κ2) is 6.16. The van der Waals surface area contributed by atoms with E-state index in [1.165, 1.54) is 6.33 Å². The molecule has 3 aromatic rings. The third-order valence-corrected chi connectivity index (χ3v) is 4.04. The molecule has 0 spiro atoms. The number of fused-ring (bicyclic) bond motifs is 1. The predicted molar refractivity (Wildman–Crippen MR) is 88.1 cm³/mol. The van der Waals surface area contributed by atoms with Crippen molar-refractivity contribution in [3.8, 4) is 0 Å². The second-order valence-corrected chi connectivity index (χ2v) is 5.71. The highest BCUT2D eigenvalue weighted by molar-refractivity contribution is 6.05. The number of rotatable bonds is 4. The topological polar surface area (TPSA) is 72.7 Å². The van der Waals surface area contributed by atoms with Crippen LogP contribution in [0.5, 0.6) is 0 Å². The monoisotopic (exact) mass is 309 g/mol. The van der Waals surface area contributed by atoms with Gasteiger partial charge < -0.3 is 5.32 Å². The van der Waals surface area contributed by atoms with E-state index in [4.69, 9.17) is 0 Å². The van der Waals surface area contributed by atoms with E-state index in [0.29, 0.717) is 5.56 Å². The molecule has 23 heavy (non-hydrogen) atoms. The minimum absolute atomic E-state index is 0.00567. The molecule has 0 aliphatic carbocycles. The zero-order valence-corrected chi connectivity index (χ0v) is 13.4. The number of nitrogens with one attached hydrogen (secondary N) is 1. The predicted octanol–water partition coefficient (Wildman–Crippen LogP) is 2.51. The van der Waals surface area contributed by atoms with Gasteiger partial charge in [-0.15, -0.1) is 0 Å². The molecular weight excluding hydrogens is 290 g/mol. The summed E-state index contributed by atoms with van der Waals surface area (Å²) in [6, 6.07) is 9.47. The lowest BCUT2D eigenvalue weighted by molar-refractivity contribution is 0.0930. The Hall–Kier alpha value is -2.76. The van der Waals surface area contributed by atoms with Crippen LogP contribution in [0.25, 0.3) is 10.9 Å². The summed E-state index contributed by atoms with van der Waals surface area (Å²) in [5.41, 5.74) is 2.20. The SMILES string of the molecule is Cc1ccc2cccc(C(=O)N[C@H](C)[C@H](C)n3cncn3)c2n1. The van der Waals surface area contributed by atoms with Crippen molar-refractivity contribution in [3.63, 3.8) is 0 Å². The third kappa shape index (κ3) is 3.06. The standard InChI is InChI=1S/C17H19N5O/c1-11-7-8-14-5-4-6-15(16(14)20-11)17(23)21-12(2)13(3)22-10-18-9-19-22/h4-10,12-13H,1-3H3,(H,21,23)/t12-,13+/m1/s1. The maximum Gasteiger partial charge on any atom is 0.253 e. The number of aromatic nitrogens is 4. The Balaban J connectivity index is 1.85. The number of amides is 1. The average Bonchev–Trinajstić information content (AvgIpc) is 3.07. The molecule has 1 aromatic carbocycles. The molecular formula is C17H19N5O. The van der Waals surface area contributed by atoms with Crippen molar-refractivity contribution >= 4 is 16.8 Å². The van der Waals surface area contributed by atoms with Crippen LogP contribution in [0.1, 0.15) is 35.9 Å². The van der Waals surface area contributed by atoms with E-state index in [1.807, 2.05) is 45.0 Å². The van der Waals surface area contributed by atoms with Gasteiger partial charge in [-0.3, -0.25) is 9.78 Å². The Labute approximate surface area is 134 Å². The molecule has 0 saturated heterocycles. The highest BCUT2D eigenvalue weighted by atomic mass is 16.1. The molecule has 0 saturated carbocycles. The average molecular weight is 309 g/mol. The first-order valence-electron chi connectivity index (χ1n) is 7.57. The first-order valence-corrected chi connectivity index (χ1v) is 7.57. The Bertz CT molecular complexity index is 828. The number of carbonyl (C=O) groups excluding carboxylic acids is 1. The van der Waals surface area contributed by atoms with E-state index in [9.17, 15) is 4.79 Å². The van der Waals surface area contributed by atoms with Crippen LogP contribution < -0.4 is 5.32 Å². The van der Waals surface area contributed by atoms with Gasteiger partial charge in [0.2, 0.25) is 0 Å². The number of benzene rings is 1. The zero-order chi connectivity index (χ0) is 16.4. The first-order chi connectivity index (χ1) is 11.1. The van der Waals surface area contributed by atoms with Gasteiger partial charge in [0.1, 0.15) is 12.7 Å². The fourth-order valence-corrected chi connectivity index (χ4v) is 2.49. The Morgan fingerprint density at radius 1 is 1.22 bits per heavy atom. The first kappa shape index (κ1) is 15.1. The van der Waals surface area contributed by atoms with Crippen LogP contribution in [0.15, 0.2) is 43.0 Å². The summed E-state index contributed by atoms with van der Waals surface area (Å²) in [5.74, 6) is -0.131. The Kier molecular flexibility index (Phi) is 4.06. The highest BCUT2D eigenvalue weighted by Gasteiger charge is 2.19. The molecule has 6 heteroatoms. The maximum absolute atomic E-state index is 12.7. The van der Waals surface area contributed by atoms with Gasteiger partial charge in [-0.1, -0.05) is 18.2 Å². The van der Waals surface area contributed by atoms with E-state index in [2.05, 4.69) is 20.4 Å². The van der Waals surface area contributed by atoms with E-state index < -0.39 is 0 Å². The number of nitrogens with zero attached hydrogens (tertiary/aromatic N) is 4. The van der Waals surface area contributed by atoms with Crippen LogP contribution >= 0.6 is 0 Å². The van der Waals surface area contributed by atoms with Gasteiger partial charge in [-0.05, 0) is 32.9 Å². The summed E-state index contributed by atoms with van der Waals surface area (Å²) >= 11 is 0. The van der Waals surface area contributed by atoms with Crippen molar-refractivity contribution in [1.82, 2.24) is 25.1 Å². The van der Waals surface area contributed by atoms with Crippen LogP contribution in [0.2, 0.25) is 0 Å². The molecule has 1 N–H and O–H groups in total. The molecule has 6 nitrogen and oxygen atoms in total. The van der Waals surface area contributed by atoms with Crippen LogP contribution in [0.4, 0.5) is 0 Å². The number of aryl methyl sites for hydroxylation is 1. The minimum Gasteiger partial charge on any atom is -0.347 e. The normalized spacial score (nSPS) is 13.7. The van der Waals surface area contributed by atoms with E-state index >= 15 is 0 Å². The minimum atomic E-state index is -0.131. The molecule has 0 aliphatic rings. The molecule has 0 aliphatic heterocycles. The third-order valence-electron chi connectivity index (χ3n) is 4.04. The molecule has 1 amide bonds. The molecule has 2 aromatic heterocycles. The quantitative estimate of drug-likeness (QED) is 0.803. The highest BCUT2D eigenvalue weighted by Crippen LogP contribution is 2.18. The Morgan fingerprint density at radius 3 is 2.78 bits per heavy atom. The molecule has 0 radical (unpaired) electrons.